The van der Waals surface area contributed by atoms with E-state index in [4.69, 9.17) is 16.3 Å². The summed E-state index contributed by atoms with van der Waals surface area (Å²) in [7, 11) is 0. The van der Waals surface area contributed by atoms with Crippen molar-refractivity contribution < 1.29 is 13.9 Å². The van der Waals surface area contributed by atoms with Crippen molar-refractivity contribution in [3.05, 3.63) is 96.5 Å². The number of carbonyl (C=O) groups is 1. The van der Waals surface area contributed by atoms with Crippen molar-refractivity contribution in [2.24, 2.45) is 0 Å². The number of H-pyrrole nitrogens is 1. The SMILES string of the molecule is CCOc1ccc2[nH]c(=O)c(CN(Cc3cccs3)C(=O)c3sc4cc(F)ccc4c3Cl)cc2c1. The molecule has 9 heteroatoms. The molecule has 0 spiro atoms. The van der Waals surface area contributed by atoms with Gasteiger partial charge in [-0.15, -0.1) is 22.7 Å². The number of carbonyl (C=O) groups excluding carboxylic acids is 1. The molecule has 0 saturated carbocycles. The number of rotatable bonds is 7. The molecular weight excluding hydrogens is 507 g/mol. The Morgan fingerprint density at radius 2 is 2.00 bits per heavy atom. The molecule has 0 aliphatic carbocycles. The molecule has 0 aliphatic heterocycles. The summed E-state index contributed by atoms with van der Waals surface area (Å²) in [5, 5.41) is 3.67. The molecule has 0 bridgehead atoms. The number of nitrogens with one attached hydrogen (secondary N) is 1. The van der Waals surface area contributed by atoms with Crippen molar-refractivity contribution in [1.29, 1.82) is 0 Å². The third-order valence-corrected chi connectivity index (χ3v) is 8.07. The fraction of sp³-hybridized carbons (Fsp3) is 0.154. The van der Waals surface area contributed by atoms with E-state index in [9.17, 15) is 14.0 Å². The molecular formula is C26H20ClFN2O3S2. The highest BCUT2D eigenvalue weighted by molar-refractivity contribution is 7.21. The van der Waals surface area contributed by atoms with E-state index in [2.05, 4.69) is 4.98 Å². The van der Waals surface area contributed by atoms with Gasteiger partial charge in [0.25, 0.3) is 11.5 Å². The van der Waals surface area contributed by atoms with E-state index in [1.54, 1.807) is 29.2 Å². The van der Waals surface area contributed by atoms with Crippen molar-refractivity contribution in [3.63, 3.8) is 0 Å². The summed E-state index contributed by atoms with van der Waals surface area (Å²) < 4.78 is 19.9. The van der Waals surface area contributed by atoms with Crippen LogP contribution in [0.3, 0.4) is 0 Å². The molecule has 5 nitrogen and oxygen atoms in total. The monoisotopic (exact) mass is 526 g/mol. The second-order valence-electron chi connectivity index (χ2n) is 7.93. The van der Waals surface area contributed by atoms with Gasteiger partial charge in [-0.3, -0.25) is 9.59 Å². The standard InChI is InChI=1S/C26H20ClFN2O3S2/c1-2-33-18-6-8-21-15(11-18)10-16(25(31)29-21)13-30(14-19-4-3-9-34-19)26(32)24-23(27)20-7-5-17(28)12-22(20)35-24/h3-12H,2,13-14H2,1H3,(H,29,31). The molecule has 5 aromatic rings. The molecule has 0 radical (unpaired) electrons. The Balaban J connectivity index is 1.54. The minimum absolute atomic E-state index is 0.0831. The molecule has 0 atom stereocenters. The lowest BCUT2D eigenvalue weighted by Crippen LogP contribution is -2.32. The summed E-state index contributed by atoms with van der Waals surface area (Å²) >= 11 is 9.22. The molecule has 0 saturated heterocycles. The van der Waals surface area contributed by atoms with Crippen LogP contribution < -0.4 is 10.3 Å². The highest BCUT2D eigenvalue weighted by Crippen LogP contribution is 2.37. The fourth-order valence-corrected chi connectivity index (χ4v) is 6.14. The first kappa shape index (κ1) is 23.5. The van der Waals surface area contributed by atoms with Crippen LogP contribution in [-0.4, -0.2) is 22.4 Å². The Hall–Kier alpha value is -3.20. The lowest BCUT2D eigenvalue weighted by Gasteiger charge is -2.22. The van der Waals surface area contributed by atoms with Crippen LogP contribution in [0.25, 0.3) is 21.0 Å². The Morgan fingerprint density at radius 1 is 1.14 bits per heavy atom. The van der Waals surface area contributed by atoms with Crippen molar-refractivity contribution in [2.75, 3.05) is 6.61 Å². The smallest absolute Gasteiger partial charge is 0.266 e. The second-order valence-corrected chi connectivity index (χ2v) is 10.4. The van der Waals surface area contributed by atoms with Crippen LogP contribution >= 0.6 is 34.3 Å². The van der Waals surface area contributed by atoms with E-state index < -0.39 is 0 Å². The zero-order chi connectivity index (χ0) is 24.5. The molecule has 2 aromatic carbocycles. The number of benzene rings is 2. The van der Waals surface area contributed by atoms with Gasteiger partial charge in [0, 0.05) is 31.4 Å². The first-order valence-electron chi connectivity index (χ1n) is 10.9. The van der Waals surface area contributed by atoms with Crippen molar-refractivity contribution >= 4 is 61.2 Å². The van der Waals surface area contributed by atoms with Gasteiger partial charge in [-0.1, -0.05) is 17.7 Å². The maximum absolute atomic E-state index is 13.7. The molecule has 0 fully saturated rings. The number of thiophene rings is 2. The van der Waals surface area contributed by atoms with Gasteiger partial charge >= 0.3 is 0 Å². The van der Waals surface area contributed by atoms with Crippen LogP contribution in [0.1, 0.15) is 27.0 Å². The van der Waals surface area contributed by atoms with E-state index in [1.165, 1.54) is 23.5 Å². The predicted molar refractivity (Wildman–Crippen MR) is 140 cm³/mol. The third kappa shape index (κ3) is 4.82. The number of halogens is 2. The van der Waals surface area contributed by atoms with Crippen LogP contribution in [0.5, 0.6) is 5.75 Å². The number of amides is 1. The number of fused-ring (bicyclic) bond motifs is 2. The third-order valence-electron chi connectivity index (χ3n) is 5.56. The molecule has 3 aromatic heterocycles. The number of ether oxygens (including phenoxy) is 1. The van der Waals surface area contributed by atoms with Gasteiger partial charge in [0.2, 0.25) is 0 Å². The number of pyridine rings is 1. The van der Waals surface area contributed by atoms with Gasteiger partial charge in [0.05, 0.1) is 24.7 Å². The van der Waals surface area contributed by atoms with Crippen molar-refractivity contribution in [1.82, 2.24) is 9.88 Å². The van der Waals surface area contributed by atoms with E-state index in [-0.39, 0.29) is 23.8 Å². The molecule has 35 heavy (non-hydrogen) atoms. The second kappa shape index (κ2) is 9.81. The summed E-state index contributed by atoms with van der Waals surface area (Å²) in [5.41, 5.74) is 0.863. The van der Waals surface area contributed by atoms with E-state index in [0.717, 1.165) is 21.6 Å². The van der Waals surface area contributed by atoms with E-state index in [0.29, 0.717) is 50.0 Å². The number of nitrogens with zero attached hydrogens (tertiary/aromatic N) is 1. The van der Waals surface area contributed by atoms with Gasteiger partial charge in [-0.05, 0) is 60.8 Å². The zero-order valence-corrected chi connectivity index (χ0v) is 21.0. The average Bonchev–Trinajstić information content (AvgIpc) is 3.46. The predicted octanol–water partition coefficient (Wildman–Crippen LogP) is 6.84. The van der Waals surface area contributed by atoms with Gasteiger partial charge in [0.1, 0.15) is 16.4 Å². The summed E-state index contributed by atoms with van der Waals surface area (Å²) in [4.78, 5) is 32.4. The lowest BCUT2D eigenvalue weighted by atomic mass is 10.1. The van der Waals surface area contributed by atoms with Crippen molar-refractivity contribution in [3.8, 4) is 5.75 Å². The van der Waals surface area contributed by atoms with Crippen molar-refractivity contribution in [2.45, 2.75) is 20.0 Å². The molecule has 5 rings (SSSR count). The number of hydrogen-bond acceptors (Lipinski definition) is 5. The molecule has 178 valence electrons. The van der Waals surface area contributed by atoms with Crippen LogP contribution in [0.2, 0.25) is 5.02 Å². The largest absolute Gasteiger partial charge is 0.494 e. The quantitative estimate of drug-likeness (QED) is 0.252. The first-order chi connectivity index (χ1) is 16.9. The Labute approximate surface area is 213 Å². The van der Waals surface area contributed by atoms with Crippen LogP contribution in [0.4, 0.5) is 4.39 Å². The number of aromatic amines is 1. The minimum Gasteiger partial charge on any atom is -0.494 e. The molecule has 3 heterocycles. The maximum Gasteiger partial charge on any atom is 0.266 e. The average molecular weight is 527 g/mol. The molecule has 1 amide bonds. The van der Waals surface area contributed by atoms with E-state index in [1.807, 2.05) is 30.5 Å². The Bertz CT molecular complexity index is 1590. The summed E-state index contributed by atoms with van der Waals surface area (Å²) in [6.07, 6.45) is 0. The normalized spacial score (nSPS) is 11.3. The van der Waals surface area contributed by atoms with Gasteiger partial charge in [-0.2, -0.15) is 0 Å². The number of hydrogen-bond donors (Lipinski definition) is 1. The highest BCUT2D eigenvalue weighted by Gasteiger charge is 2.24. The Kier molecular flexibility index (Phi) is 6.60. The van der Waals surface area contributed by atoms with Gasteiger partial charge < -0.3 is 14.6 Å². The van der Waals surface area contributed by atoms with Crippen LogP contribution in [0.15, 0.2) is 64.8 Å². The van der Waals surface area contributed by atoms with Gasteiger partial charge in [0.15, 0.2) is 0 Å². The maximum atomic E-state index is 13.7. The fourth-order valence-electron chi connectivity index (χ4n) is 3.92. The van der Waals surface area contributed by atoms with E-state index >= 15 is 0 Å². The number of aromatic nitrogens is 1. The zero-order valence-electron chi connectivity index (χ0n) is 18.6. The lowest BCUT2D eigenvalue weighted by molar-refractivity contribution is 0.0736. The molecule has 0 unspecified atom stereocenters. The molecule has 1 N–H and O–H groups in total. The Morgan fingerprint density at radius 3 is 2.77 bits per heavy atom. The summed E-state index contributed by atoms with van der Waals surface area (Å²) in [5.74, 6) is 0.000329. The summed E-state index contributed by atoms with van der Waals surface area (Å²) in [6, 6.07) is 15.4. The minimum atomic E-state index is -0.390. The van der Waals surface area contributed by atoms with Crippen LogP contribution in [0, 0.1) is 5.82 Å². The first-order valence-corrected chi connectivity index (χ1v) is 13.0. The highest BCUT2D eigenvalue weighted by atomic mass is 35.5. The summed E-state index contributed by atoms with van der Waals surface area (Å²) in [6.45, 7) is 2.83. The van der Waals surface area contributed by atoms with Crippen LogP contribution in [-0.2, 0) is 13.1 Å². The topological polar surface area (TPSA) is 62.4 Å². The molecule has 0 aliphatic rings. The van der Waals surface area contributed by atoms with Gasteiger partial charge in [-0.25, -0.2) is 4.39 Å².